The van der Waals surface area contributed by atoms with Crippen LogP contribution in [0.4, 0.5) is 0 Å². The lowest BCUT2D eigenvalue weighted by molar-refractivity contribution is 0.227. The van der Waals surface area contributed by atoms with Crippen molar-refractivity contribution in [3.8, 4) is 0 Å². The number of allylic oxidation sites excluding steroid dienone is 5. The first-order valence-electron chi connectivity index (χ1n) is 7.97. The zero-order valence-electron chi connectivity index (χ0n) is 13.4. The van der Waals surface area contributed by atoms with E-state index in [2.05, 4.69) is 64.7 Å². The van der Waals surface area contributed by atoms with Crippen molar-refractivity contribution < 1.29 is 0 Å². The minimum atomic E-state index is 0.356. The van der Waals surface area contributed by atoms with Gasteiger partial charge in [-0.3, -0.25) is 0 Å². The zero-order valence-corrected chi connectivity index (χ0v) is 13.4. The summed E-state index contributed by atoms with van der Waals surface area (Å²) >= 11 is 0. The van der Waals surface area contributed by atoms with Crippen molar-refractivity contribution in [2.24, 2.45) is 23.2 Å². The normalized spacial score (nSPS) is 36.7. The Hall–Kier alpha value is -0.780. The van der Waals surface area contributed by atoms with E-state index in [0.29, 0.717) is 17.3 Å². The third-order valence-electron chi connectivity index (χ3n) is 4.93. The predicted octanol–water partition coefficient (Wildman–Crippen LogP) is 6.16. The van der Waals surface area contributed by atoms with Crippen LogP contribution in [0, 0.1) is 23.2 Å². The monoisotopic (exact) mass is 260 g/mol. The Morgan fingerprint density at radius 2 is 2.00 bits per heavy atom. The Morgan fingerprint density at radius 1 is 1.26 bits per heavy atom. The summed E-state index contributed by atoms with van der Waals surface area (Å²) in [6, 6.07) is 0. The molecular weight excluding hydrogens is 228 g/mol. The summed E-state index contributed by atoms with van der Waals surface area (Å²) in [5.41, 5.74) is 0.356. The molecule has 0 N–H and O–H groups in total. The van der Waals surface area contributed by atoms with Crippen molar-refractivity contribution in [1.82, 2.24) is 0 Å². The summed E-state index contributed by atoms with van der Waals surface area (Å²) in [7, 11) is 0. The lowest BCUT2D eigenvalue weighted by Crippen LogP contribution is -2.23. The summed E-state index contributed by atoms with van der Waals surface area (Å²) < 4.78 is 0. The molecule has 19 heavy (non-hydrogen) atoms. The Morgan fingerprint density at radius 3 is 2.63 bits per heavy atom. The molecule has 0 bridgehead atoms. The van der Waals surface area contributed by atoms with E-state index in [9.17, 15) is 0 Å². The average Bonchev–Trinajstić information content (AvgIpc) is 2.40. The molecule has 1 aliphatic carbocycles. The fourth-order valence-corrected chi connectivity index (χ4v) is 3.08. The molecule has 0 fully saturated rings. The Labute approximate surface area is 120 Å². The van der Waals surface area contributed by atoms with Crippen LogP contribution in [0.15, 0.2) is 37.0 Å². The van der Waals surface area contributed by atoms with Gasteiger partial charge in [0, 0.05) is 0 Å². The maximum Gasteiger partial charge on any atom is -0.0205 e. The van der Waals surface area contributed by atoms with Crippen LogP contribution in [0.1, 0.15) is 59.8 Å². The predicted molar refractivity (Wildman–Crippen MR) is 87.2 cm³/mol. The van der Waals surface area contributed by atoms with Gasteiger partial charge in [0.25, 0.3) is 0 Å². The highest BCUT2D eigenvalue weighted by Gasteiger charge is 2.27. The van der Waals surface area contributed by atoms with Crippen LogP contribution in [-0.4, -0.2) is 0 Å². The Bertz CT molecular complexity index is 323. The van der Waals surface area contributed by atoms with Crippen molar-refractivity contribution >= 4 is 0 Å². The van der Waals surface area contributed by atoms with E-state index in [1.54, 1.807) is 0 Å². The maximum absolute atomic E-state index is 3.95. The van der Waals surface area contributed by atoms with Gasteiger partial charge in [0.1, 0.15) is 0 Å². The highest BCUT2D eigenvalue weighted by molar-refractivity contribution is 5.02. The Balaban J connectivity index is 2.92. The van der Waals surface area contributed by atoms with Gasteiger partial charge in [-0.25, -0.2) is 0 Å². The fourth-order valence-electron chi connectivity index (χ4n) is 3.08. The molecule has 0 aromatic carbocycles. The van der Waals surface area contributed by atoms with Crippen LogP contribution in [0.5, 0.6) is 0 Å². The molecule has 0 aliphatic heterocycles. The first kappa shape index (κ1) is 16.3. The molecule has 0 heterocycles. The molecule has 0 aromatic rings. The first-order chi connectivity index (χ1) is 9.01. The van der Waals surface area contributed by atoms with Gasteiger partial charge in [-0.05, 0) is 55.3 Å². The molecular formula is C19H32. The van der Waals surface area contributed by atoms with Gasteiger partial charge in [-0.2, -0.15) is 0 Å². The molecule has 0 saturated heterocycles. The SMILES string of the molecule is C=CCC1(C)CCC=CC(C)CC(CC)C=CC1C. The van der Waals surface area contributed by atoms with E-state index in [1.807, 2.05) is 0 Å². The van der Waals surface area contributed by atoms with Gasteiger partial charge in [0.2, 0.25) is 0 Å². The molecule has 0 spiro atoms. The van der Waals surface area contributed by atoms with Crippen LogP contribution < -0.4 is 0 Å². The molecule has 0 saturated carbocycles. The van der Waals surface area contributed by atoms with Crippen molar-refractivity contribution in [2.75, 3.05) is 0 Å². The van der Waals surface area contributed by atoms with Crippen LogP contribution in [0.25, 0.3) is 0 Å². The third-order valence-corrected chi connectivity index (χ3v) is 4.93. The second kappa shape index (κ2) is 7.72. The topological polar surface area (TPSA) is 0 Å². The fraction of sp³-hybridized carbons (Fsp3) is 0.684. The average molecular weight is 260 g/mol. The number of hydrogen-bond acceptors (Lipinski definition) is 0. The molecule has 0 radical (unpaired) electrons. The lowest BCUT2D eigenvalue weighted by atomic mass is 9.72. The van der Waals surface area contributed by atoms with Crippen LogP contribution in [-0.2, 0) is 0 Å². The van der Waals surface area contributed by atoms with Crippen LogP contribution in [0.2, 0.25) is 0 Å². The standard InChI is InChI=1S/C19H32/c1-6-13-19(5)14-9-8-10-16(3)15-18(7-2)12-11-17(19)4/h6,8,10-12,16-18H,1,7,9,13-15H2,2-5H3. The molecule has 1 aliphatic rings. The highest BCUT2D eigenvalue weighted by atomic mass is 14.3. The summed E-state index contributed by atoms with van der Waals surface area (Å²) in [5.74, 6) is 2.06. The molecule has 4 unspecified atom stereocenters. The number of rotatable bonds is 3. The van der Waals surface area contributed by atoms with Gasteiger partial charge >= 0.3 is 0 Å². The molecule has 0 heteroatoms. The van der Waals surface area contributed by atoms with Crippen molar-refractivity contribution in [1.29, 1.82) is 0 Å². The minimum Gasteiger partial charge on any atom is -0.103 e. The van der Waals surface area contributed by atoms with Crippen molar-refractivity contribution in [3.63, 3.8) is 0 Å². The van der Waals surface area contributed by atoms with Crippen LogP contribution >= 0.6 is 0 Å². The first-order valence-corrected chi connectivity index (χ1v) is 7.97. The molecule has 108 valence electrons. The van der Waals surface area contributed by atoms with E-state index in [0.717, 1.165) is 12.3 Å². The van der Waals surface area contributed by atoms with Gasteiger partial charge < -0.3 is 0 Å². The van der Waals surface area contributed by atoms with Crippen molar-refractivity contribution in [3.05, 3.63) is 37.0 Å². The smallest absolute Gasteiger partial charge is 0.0205 e. The summed E-state index contributed by atoms with van der Waals surface area (Å²) in [6.45, 7) is 13.4. The second-order valence-electron chi connectivity index (χ2n) is 6.67. The molecule has 0 aromatic heterocycles. The Kier molecular flexibility index (Phi) is 6.62. The summed E-state index contributed by atoms with van der Waals surface area (Å²) in [4.78, 5) is 0. The molecule has 4 atom stereocenters. The third kappa shape index (κ3) is 5.01. The minimum absolute atomic E-state index is 0.356. The molecule has 0 amide bonds. The maximum atomic E-state index is 3.95. The summed E-state index contributed by atoms with van der Waals surface area (Å²) in [6.07, 6.45) is 17.9. The van der Waals surface area contributed by atoms with E-state index < -0.39 is 0 Å². The quantitative estimate of drug-likeness (QED) is 0.533. The van der Waals surface area contributed by atoms with E-state index in [-0.39, 0.29) is 0 Å². The highest BCUT2D eigenvalue weighted by Crippen LogP contribution is 2.38. The van der Waals surface area contributed by atoms with Crippen LogP contribution in [0.3, 0.4) is 0 Å². The summed E-state index contributed by atoms with van der Waals surface area (Å²) in [5, 5.41) is 0. The van der Waals surface area contributed by atoms with Gasteiger partial charge in [0.15, 0.2) is 0 Å². The lowest BCUT2D eigenvalue weighted by Gasteiger charge is -2.33. The van der Waals surface area contributed by atoms with E-state index >= 15 is 0 Å². The second-order valence-corrected chi connectivity index (χ2v) is 6.67. The van der Waals surface area contributed by atoms with Crippen molar-refractivity contribution in [2.45, 2.75) is 59.8 Å². The molecule has 1 rings (SSSR count). The zero-order chi connectivity index (χ0) is 14.3. The van der Waals surface area contributed by atoms with Gasteiger partial charge in [-0.1, -0.05) is 58.1 Å². The van der Waals surface area contributed by atoms with E-state index in [4.69, 9.17) is 0 Å². The van der Waals surface area contributed by atoms with Gasteiger partial charge in [-0.15, -0.1) is 6.58 Å². The number of hydrogen-bond donors (Lipinski definition) is 0. The largest absolute Gasteiger partial charge is 0.103 e. The van der Waals surface area contributed by atoms with Gasteiger partial charge in [0.05, 0.1) is 0 Å². The van der Waals surface area contributed by atoms with E-state index in [1.165, 1.54) is 25.7 Å². The molecule has 0 nitrogen and oxygen atoms in total.